The molecule has 0 saturated carbocycles. The fourth-order valence-electron chi connectivity index (χ4n) is 2.80. The molecule has 1 aromatic heterocycles. The van der Waals surface area contributed by atoms with Crippen molar-refractivity contribution in [3.05, 3.63) is 78.1 Å². The Labute approximate surface area is 169 Å². The van der Waals surface area contributed by atoms with Crippen molar-refractivity contribution in [3.8, 4) is 0 Å². The molecule has 0 radical (unpaired) electrons. The highest BCUT2D eigenvalue weighted by atomic mass is 16.2. The van der Waals surface area contributed by atoms with E-state index in [2.05, 4.69) is 20.6 Å². The summed E-state index contributed by atoms with van der Waals surface area (Å²) >= 11 is 0. The lowest BCUT2D eigenvalue weighted by atomic mass is 10.2. The van der Waals surface area contributed by atoms with Gasteiger partial charge >= 0.3 is 0 Å². The minimum Gasteiger partial charge on any atom is -0.333 e. The number of nitrogens with zero attached hydrogens (tertiary/aromatic N) is 3. The number of anilines is 3. The monoisotopic (exact) mass is 389 g/mol. The summed E-state index contributed by atoms with van der Waals surface area (Å²) in [5.41, 5.74) is 2.84. The number of carbonyl (C=O) groups excluding carboxylic acids is 2. The van der Waals surface area contributed by atoms with E-state index in [0.29, 0.717) is 30.4 Å². The Morgan fingerprint density at radius 1 is 0.966 bits per heavy atom. The van der Waals surface area contributed by atoms with Crippen molar-refractivity contribution in [1.29, 1.82) is 0 Å². The largest absolute Gasteiger partial charge is 0.333 e. The fraction of sp³-hybridized carbons (Fsp3) is 0.182. The minimum absolute atomic E-state index is 0.128. The Hall–Kier alpha value is -3.74. The summed E-state index contributed by atoms with van der Waals surface area (Å²) in [5.74, 6) is 0.0536. The van der Waals surface area contributed by atoms with Crippen LogP contribution in [0.4, 0.5) is 17.3 Å². The Morgan fingerprint density at radius 3 is 2.31 bits per heavy atom. The molecule has 1 heterocycles. The quantitative estimate of drug-likeness (QED) is 0.641. The average Bonchev–Trinajstić information content (AvgIpc) is 2.73. The van der Waals surface area contributed by atoms with Gasteiger partial charge in [-0.05, 0) is 42.8 Å². The van der Waals surface area contributed by atoms with E-state index < -0.39 is 0 Å². The number of carbonyl (C=O) groups is 2. The lowest BCUT2D eigenvalue weighted by Gasteiger charge is -2.20. The molecule has 0 saturated heterocycles. The van der Waals surface area contributed by atoms with Crippen molar-refractivity contribution < 1.29 is 9.59 Å². The molecule has 0 aliphatic carbocycles. The molecular weight excluding hydrogens is 366 g/mol. The molecule has 0 bridgehead atoms. The third kappa shape index (κ3) is 5.62. The lowest BCUT2D eigenvalue weighted by molar-refractivity contribution is -0.114. The van der Waals surface area contributed by atoms with Crippen molar-refractivity contribution in [1.82, 2.24) is 14.9 Å². The van der Waals surface area contributed by atoms with Gasteiger partial charge in [0.1, 0.15) is 5.69 Å². The van der Waals surface area contributed by atoms with Gasteiger partial charge < -0.3 is 15.5 Å². The summed E-state index contributed by atoms with van der Waals surface area (Å²) in [6.07, 6.45) is 1.56. The zero-order valence-electron chi connectivity index (χ0n) is 16.4. The Kier molecular flexibility index (Phi) is 6.52. The van der Waals surface area contributed by atoms with Crippen molar-refractivity contribution in [2.45, 2.75) is 20.4 Å². The van der Waals surface area contributed by atoms with E-state index in [-0.39, 0.29) is 11.8 Å². The van der Waals surface area contributed by atoms with Gasteiger partial charge in [0, 0.05) is 37.6 Å². The van der Waals surface area contributed by atoms with Crippen LogP contribution in [0.1, 0.15) is 29.9 Å². The molecule has 0 spiro atoms. The molecule has 7 heteroatoms. The summed E-state index contributed by atoms with van der Waals surface area (Å²) in [5, 5.41) is 5.79. The van der Waals surface area contributed by atoms with E-state index in [1.807, 2.05) is 37.3 Å². The number of hydrogen-bond acceptors (Lipinski definition) is 5. The number of nitrogens with one attached hydrogen (secondary N) is 2. The molecule has 29 heavy (non-hydrogen) atoms. The van der Waals surface area contributed by atoms with E-state index >= 15 is 0 Å². The number of amides is 2. The van der Waals surface area contributed by atoms with Crippen LogP contribution in [0.2, 0.25) is 0 Å². The predicted molar refractivity (Wildman–Crippen MR) is 113 cm³/mol. The average molecular weight is 389 g/mol. The molecule has 7 nitrogen and oxygen atoms in total. The van der Waals surface area contributed by atoms with Gasteiger partial charge in [0.25, 0.3) is 5.91 Å². The van der Waals surface area contributed by atoms with E-state index in [1.54, 1.807) is 41.4 Å². The van der Waals surface area contributed by atoms with Crippen LogP contribution in [0.3, 0.4) is 0 Å². The normalized spacial score (nSPS) is 10.3. The number of hydrogen-bond donors (Lipinski definition) is 2. The first-order valence-electron chi connectivity index (χ1n) is 9.36. The van der Waals surface area contributed by atoms with Crippen molar-refractivity contribution in [3.63, 3.8) is 0 Å². The first kappa shape index (κ1) is 20.0. The predicted octanol–water partition coefficient (Wildman–Crippen LogP) is 3.84. The van der Waals surface area contributed by atoms with Crippen LogP contribution in [0, 0.1) is 0 Å². The molecule has 0 atom stereocenters. The van der Waals surface area contributed by atoms with Crippen LogP contribution in [-0.2, 0) is 11.3 Å². The maximum Gasteiger partial charge on any atom is 0.272 e. The molecule has 0 aliphatic heterocycles. The number of benzene rings is 2. The molecule has 2 aromatic carbocycles. The first-order valence-corrected chi connectivity index (χ1v) is 9.36. The van der Waals surface area contributed by atoms with E-state index in [4.69, 9.17) is 0 Å². The topological polar surface area (TPSA) is 87.2 Å². The van der Waals surface area contributed by atoms with Crippen LogP contribution >= 0.6 is 0 Å². The van der Waals surface area contributed by atoms with Crippen molar-refractivity contribution in [2.24, 2.45) is 0 Å². The summed E-state index contributed by atoms with van der Waals surface area (Å²) in [7, 11) is 0. The molecule has 148 valence electrons. The van der Waals surface area contributed by atoms with Crippen LogP contribution in [0.5, 0.6) is 0 Å². The summed E-state index contributed by atoms with van der Waals surface area (Å²) in [6.45, 7) is 4.50. The fourth-order valence-corrected chi connectivity index (χ4v) is 2.80. The van der Waals surface area contributed by atoms with Crippen LogP contribution in [0.25, 0.3) is 0 Å². The highest BCUT2D eigenvalue weighted by Gasteiger charge is 2.16. The molecule has 0 unspecified atom stereocenters. The smallest absolute Gasteiger partial charge is 0.272 e. The third-order valence-electron chi connectivity index (χ3n) is 4.22. The zero-order chi connectivity index (χ0) is 20.6. The minimum atomic E-state index is -0.150. The van der Waals surface area contributed by atoms with E-state index in [0.717, 1.165) is 11.3 Å². The molecule has 3 aromatic rings. The molecule has 0 aliphatic rings. The van der Waals surface area contributed by atoms with Gasteiger partial charge in [0.05, 0.1) is 0 Å². The number of aromatic nitrogens is 2. The van der Waals surface area contributed by atoms with Crippen molar-refractivity contribution >= 4 is 29.1 Å². The maximum absolute atomic E-state index is 12.9. The van der Waals surface area contributed by atoms with Crippen LogP contribution in [0.15, 0.2) is 66.9 Å². The Morgan fingerprint density at radius 2 is 1.66 bits per heavy atom. The molecule has 3 rings (SSSR count). The first-order chi connectivity index (χ1) is 14.0. The maximum atomic E-state index is 12.9. The third-order valence-corrected chi connectivity index (χ3v) is 4.22. The highest BCUT2D eigenvalue weighted by Crippen LogP contribution is 2.17. The van der Waals surface area contributed by atoms with Gasteiger partial charge in [-0.25, -0.2) is 9.97 Å². The Balaban J connectivity index is 1.71. The summed E-state index contributed by atoms with van der Waals surface area (Å²) < 4.78 is 0. The Bertz CT molecular complexity index is 974. The highest BCUT2D eigenvalue weighted by molar-refractivity contribution is 5.92. The van der Waals surface area contributed by atoms with Gasteiger partial charge in [0.2, 0.25) is 11.9 Å². The van der Waals surface area contributed by atoms with Gasteiger partial charge in [-0.3, -0.25) is 9.59 Å². The second kappa shape index (κ2) is 9.45. The second-order valence-corrected chi connectivity index (χ2v) is 6.45. The van der Waals surface area contributed by atoms with Crippen LogP contribution in [-0.4, -0.2) is 33.2 Å². The van der Waals surface area contributed by atoms with E-state index in [1.165, 1.54) is 6.92 Å². The SMILES string of the molecule is CCN(Cc1ccccc1)C(=O)c1ccnc(Nc2ccc(NC(C)=O)cc2)n1. The molecule has 0 fully saturated rings. The van der Waals surface area contributed by atoms with Gasteiger partial charge in [-0.2, -0.15) is 0 Å². The standard InChI is InChI=1S/C22H23N5O2/c1-3-27(15-17-7-5-4-6-8-17)21(29)20-13-14-23-22(26-20)25-19-11-9-18(10-12-19)24-16(2)28/h4-14H,3,15H2,1-2H3,(H,24,28)(H,23,25,26). The van der Waals surface area contributed by atoms with Gasteiger partial charge in [0.15, 0.2) is 0 Å². The summed E-state index contributed by atoms with van der Waals surface area (Å²) in [6, 6.07) is 18.6. The van der Waals surface area contributed by atoms with Crippen LogP contribution < -0.4 is 10.6 Å². The molecular formula is C22H23N5O2. The van der Waals surface area contributed by atoms with Crippen molar-refractivity contribution in [2.75, 3.05) is 17.2 Å². The summed E-state index contributed by atoms with van der Waals surface area (Å²) in [4.78, 5) is 34.3. The van der Waals surface area contributed by atoms with Gasteiger partial charge in [-0.15, -0.1) is 0 Å². The molecule has 2 N–H and O–H groups in total. The zero-order valence-corrected chi connectivity index (χ0v) is 16.4. The van der Waals surface area contributed by atoms with E-state index in [9.17, 15) is 9.59 Å². The second-order valence-electron chi connectivity index (χ2n) is 6.45. The lowest BCUT2D eigenvalue weighted by Crippen LogP contribution is -2.31. The molecule has 2 amide bonds. The number of rotatable bonds is 7. The van der Waals surface area contributed by atoms with Gasteiger partial charge in [-0.1, -0.05) is 30.3 Å².